The van der Waals surface area contributed by atoms with E-state index < -0.39 is 9.84 Å². The highest BCUT2D eigenvalue weighted by molar-refractivity contribution is 9.10. The Kier molecular flexibility index (Phi) is 4.94. The Balaban J connectivity index is 1.64. The molecule has 4 aromatic rings. The van der Waals surface area contributed by atoms with Crippen LogP contribution in [-0.2, 0) is 14.6 Å². The van der Waals surface area contributed by atoms with E-state index in [9.17, 15) is 13.2 Å². The first-order valence-corrected chi connectivity index (χ1v) is 12.7. The summed E-state index contributed by atoms with van der Waals surface area (Å²) in [6.45, 7) is 1.22. The summed E-state index contributed by atoms with van der Waals surface area (Å²) in [5, 5.41) is 9.81. The molecule has 0 unspecified atom stereocenters. The van der Waals surface area contributed by atoms with Crippen LogP contribution < -0.4 is 10.6 Å². The zero-order valence-corrected chi connectivity index (χ0v) is 19.3. The van der Waals surface area contributed by atoms with Gasteiger partial charge in [-0.3, -0.25) is 4.79 Å². The van der Waals surface area contributed by atoms with E-state index in [1.165, 1.54) is 28.0 Å². The standard InChI is InChI=1S/C19H17BrN6O3S2/c20-12-1-3-13(4-2-12)31(28,29)19-18-22-17(25-8-5-11(6-9-25)16(21)27)15-14(7-10-30-15)26(18)24-23-19/h1-4,7,10-11H,5-6,8-9H2,(H2,21,27). The molecule has 12 heteroatoms. The lowest BCUT2D eigenvalue weighted by Crippen LogP contribution is -2.39. The molecular formula is C19H17BrN6O3S2. The van der Waals surface area contributed by atoms with Gasteiger partial charge in [0.15, 0.2) is 11.5 Å². The van der Waals surface area contributed by atoms with Gasteiger partial charge in [-0.1, -0.05) is 21.1 Å². The van der Waals surface area contributed by atoms with E-state index in [0.29, 0.717) is 31.7 Å². The van der Waals surface area contributed by atoms with Gasteiger partial charge >= 0.3 is 0 Å². The van der Waals surface area contributed by atoms with Gasteiger partial charge in [-0.05, 0) is 48.6 Å². The van der Waals surface area contributed by atoms with Crippen molar-refractivity contribution in [3.05, 3.63) is 40.2 Å². The molecule has 4 heterocycles. The number of benzene rings is 1. The van der Waals surface area contributed by atoms with Crippen molar-refractivity contribution in [1.29, 1.82) is 0 Å². The Morgan fingerprint density at radius 2 is 1.87 bits per heavy atom. The number of carbonyl (C=O) groups is 1. The highest BCUT2D eigenvalue weighted by Crippen LogP contribution is 2.34. The highest BCUT2D eigenvalue weighted by atomic mass is 79.9. The van der Waals surface area contributed by atoms with E-state index in [0.717, 1.165) is 14.7 Å². The molecule has 2 N–H and O–H groups in total. The number of hydrogen-bond acceptors (Lipinski definition) is 8. The van der Waals surface area contributed by atoms with Crippen molar-refractivity contribution in [3.8, 4) is 0 Å². The number of amides is 1. The van der Waals surface area contributed by atoms with Crippen molar-refractivity contribution in [2.75, 3.05) is 18.0 Å². The molecule has 1 saturated heterocycles. The Bertz CT molecular complexity index is 1410. The summed E-state index contributed by atoms with van der Waals surface area (Å²) in [6.07, 6.45) is 1.27. The quantitative estimate of drug-likeness (QED) is 0.438. The Morgan fingerprint density at radius 1 is 1.16 bits per heavy atom. The number of nitrogens with zero attached hydrogens (tertiary/aromatic N) is 5. The zero-order valence-electron chi connectivity index (χ0n) is 16.1. The number of piperidine rings is 1. The minimum absolute atomic E-state index is 0.120. The summed E-state index contributed by atoms with van der Waals surface area (Å²) < 4.78 is 29.7. The first-order valence-electron chi connectivity index (χ1n) is 9.54. The van der Waals surface area contributed by atoms with Gasteiger partial charge in [0.2, 0.25) is 20.8 Å². The van der Waals surface area contributed by atoms with Crippen molar-refractivity contribution in [1.82, 2.24) is 19.8 Å². The lowest BCUT2D eigenvalue weighted by atomic mass is 9.96. The second kappa shape index (κ2) is 7.53. The van der Waals surface area contributed by atoms with Crippen LogP contribution in [0.1, 0.15) is 12.8 Å². The molecule has 0 aliphatic carbocycles. The molecule has 1 aromatic carbocycles. The van der Waals surface area contributed by atoms with E-state index in [4.69, 9.17) is 10.7 Å². The Morgan fingerprint density at radius 3 is 2.55 bits per heavy atom. The van der Waals surface area contributed by atoms with Gasteiger partial charge in [0.05, 0.1) is 15.1 Å². The van der Waals surface area contributed by atoms with Crippen LogP contribution in [0.5, 0.6) is 0 Å². The normalized spacial score (nSPS) is 15.7. The van der Waals surface area contributed by atoms with Crippen LogP contribution in [0.2, 0.25) is 0 Å². The minimum Gasteiger partial charge on any atom is -0.369 e. The van der Waals surface area contributed by atoms with E-state index >= 15 is 0 Å². The van der Waals surface area contributed by atoms with Gasteiger partial charge < -0.3 is 10.6 Å². The van der Waals surface area contributed by atoms with Crippen LogP contribution in [0.15, 0.2) is 50.1 Å². The summed E-state index contributed by atoms with van der Waals surface area (Å²) in [7, 11) is -3.91. The van der Waals surface area contributed by atoms with Crippen LogP contribution in [0, 0.1) is 5.92 Å². The van der Waals surface area contributed by atoms with Gasteiger partial charge in [0.25, 0.3) is 0 Å². The molecule has 1 aliphatic heterocycles. The molecule has 5 rings (SSSR count). The van der Waals surface area contributed by atoms with Crippen LogP contribution in [-0.4, -0.2) is 47.2 Å². The van der Waals surface area contributed by atoms with E-state index in [1.807, 2.05) is 11.4 Å². The number of fused-ring (bicyclic) bond motifs is 3. The molecule has 3 aromatic heterocycles. The minimum atomic E-state index is -3.91. The van der Waals surface area contributed by atoms with Crippen molar-refractivity contribution >= 4 is 64.7 Å². The van der Waals surface area contributed by atoms with Gasteiger partial charge in [0, 0.05) is 23.5 Å². The molecule has 31 heavy (non-hydrogen) atoms. The average Bonchev–Trinajstić information content (AvgIpc) is 3.40. The summed E-state index contributed by atoms with van der Waals surface area (Å²) in [5.74, 6) is 0.242. The molecule has 0 spiro atoms. The molecule has 1 fully saturated rings. The third kappa shape index (κ3) is 3.38. The molecule has 9 nitrogen and oxygen atoms in total. The summed E-state index contributed by atoms with van der Waals surface area (Å²) in [5.41, 5.74) is 6.38. The number of halogens is 1. The fourth-order valence-corrected chi connectivity index (χ4v) is 6.18. The van der Waals surface area contributed by atoms with E-state index in [-0.39, 0.29) is 27.4 Å². The summed E-state index contributed by atoms with van der Waals surface area (Å²) >= 11 is 4.82. The fraction of sp³-hybridized carbons (Fsp3) is 0.263. The maximum absolute atomic E-state index is 13.3. The summed E-state index contributed by atoms with van der Waals surface area (Å²) in [4.78, 5) is 18.4. The van der Waals surface area contributed by atoms with E-state index in [1.54, 1.807) is 12.1 Å². The second-order valence-electron chi connectivity index (χ2n) is 7.32. The van der Waals surface area contributed by atoms with E-state index in [2.05, 4.69) is 31.1 Å². The first-order chi connectivity index (χ1) is 14.9. The predicted molar refractivity (Wildman–Crippen MR) is 120 cm³/mol. The van der Waals surface area contributed by atoms with Crippen molar-refractivity contribution in [3.63, 3.8) is 0 Å². The Hall–Kier alpha value is -2.57. The topological polar surface area (TPSA) is 124 Å². The number of sulfone groups is 1. The van der Waals surface area contributed by atoms with Crippen LogP contribution in [0.3, 0.4) is 0 Å². The second-order valence-corrected chi connectivity index (χ2v) is 11.0. The number of hydrogen-bond donors (Lipinski definition) is 1. The van der Waals surface area contributed by atoms with Crippen molar-refractivity contribution in [2.24, 2.45) is 11.7 Å². The number of primary amides is 1. The SMILES string of the molecule is NC(=O)C1CCN(c2nc3c(S(=O)(=O)c4ccc(Br)cc4)nnn3c3ccsc23)CC1. The largest absolute Gasteiger partial charge is 0.369 e. The molecule has 0 radical (unpaired) electrons. The van der Waals surface area contributed by atoms with Crippen molar-refractivity contribution in [2.45, 2.75) is 22.8 Å². The van der Waals surface area contributed by atoms with Gasteiger partial charge in [-0.25, -0.2) is 13.4 Å². The molecule has 0 atom stereocenters. The van der Waals surface area contributed by atoms with Crippen LogP contribution in [0.4, 0.5) is 5.82 Å². The number of anilines is 1. The molecule has 1 aliphatic rings. The molecule has 0 saturated carbocycles. The smallest absolute Gasteiger partial charge is 0.229 e. The Labute approximate surface area is 189 Å². The third-order valence-corrected chi connectivity index (χ3v) is 8.57. The number of nitrogens with two attached hydrogens (primary N) is 1. The summed E-state index contributed by atoms with van der Waals surface area (Å²) in [6, 6.07) is 8.24. The lowest BCUT2D eigenvalue weighted by Gasteiger charge is -2.31. The molecule has 0 bridgehead atoms. The van der Waals surface area contributed by atoms with Crippen LogP contribution in [0.25, 0.3) is 15.9 Å². The lowest BCUT2D eigenvalue weighted by molar-refractivity contribution is -0.122. The fourth-order valence-electron chi connectivity index (χ4n) is 3.80. The highest BCUT2D eigenvalue weighted by Gasteiger charge is 2.30. The number of rotatable bonds is 4. The van der Waals surface area contributed by atoms with Gasteiger partial charge in [-0.15, -0.1) is 16.4 Å². The molecule has 160 valence electrons. The molecular weight excluding hydrogens is 504 g/mol. The third-order valence-electron chi connectivity index (χ3n) is 5.48. The number of carbonyl (C=O) groups excluding carboxylic acids is 1. The maximum atomic E-state index is 13.3. The monoisotopic (exact) mass is 520 g/mol. The predicted octanol–water partition coefficient (Wildman–Crippen LogP) is 2.64. The zero-order chi connectivity index (χ0) is 21.8. The maximum Gasteiger partial charge on any atom is 0.229 e. The first kappa shape index (κ1) is 20.3. The van der Waals surface area contributed by atoms with Crippen molar-refractivity contribution < 1.29 is 13.2 Å². The van der Waals surface area contributed by atoms with Gasteiger partial charge in [0.1, 0.15) is 0 Å². The number of aromatic nitrogens is 4. The van der Waals surface area contributed by atoms with Gasteiger partial charge in [-0.2, -0.15) is 4.52 Å². The van der Waals surface area contributed by atoms with Crippen LogP contribution >= 0.6 is 27.3 Å². The average molecular weight is 521 g/mol. The number of thiophene rings is 1. The molecule has 1 amide bonds.